The fraction of sp³-hybridized carbons (Fsp3) is 0.250. The maximum Gasteiger partial charge on any atom is 0.274 e. The first kappa shape index (κ1) is 15.4. The second-order valence-electron chi connectivity index (χ2n) is 5.16. The summed E-state index contributed by atoms with van der Waals surface area (Å²) in [5.41, 5.74) is 2.15. The number of hydrogen-bond donors (Lipinski definition) is 2. The van der Waals surface area contributed by atoms with E-state index in [9.17, 15) is 4.79 Å². The Morgan fingerprint density at radius 2 is 1.91 bits per heavy atom. The average Bonchev–Trinajstić information content (AvgIpc) is 2.46. The van der Waals surface area contributed by atoms with E-state index in [-0.39, 0.29) is 11.9 Å². The van der Waals surface area contributed by atoms with Crippen LogP contribution in [0, 0.1) is 18.3 Å². The van der Waals surface area contributed by atoms with Crippen LogP contribution in [0.3, 0.4) is 0 Å². The van der Waals surface area contributed by atoms with Gasteiger partial charge >= 0.3 is 0 Å². The van der Waals surface area contributed by atoms with Crippen molar-refractivity contribution in [3.8, 4) is 6.07 Å². The maximum absolute atomic E-state index is 12.3. The van der Waals surface area contributed by atoms with Gasteiger partial charge < -0.3 is 10.6 Å². The second kappa shape index (κ2) is 6.68. The maximum atomic E-state index is 12.3. The van der Waals surface area contributed by atoms with Crippen LogP contribution in [0.25, 0.3) is 0 Å². The zero-order chi connectivity index (χ0) is 16.1. The number of hydrogen-bond acceptors (Lipinski definition) is 5. The molecule has 0 aliphatic carbocycles. The largest absolute Gasteiger partial charge is 0.352 e. The molecule has 112 valence electrons. The summed E-state index contributed by atoms with van der Waals surface area (Å²) in [5.74, 6) is 0.113. The van der Waals surface area contributed by atoms with E-state index in [0.29, 0.717) is 28.6 Å². The fourth-order valence-electron chi connectivity index (χ4n) is 1.83. The van der Waals surface area contributed by atoms with Gasteiger partial charge in [-0.05, 0) is 51.1 Å². The van der Waals surface area contributed by atoms with Crippen LogP contribution in [0.4, 0.5) is 11.6 Å². The number of nitrogens with one attached hydrogen (secondary N) is 2. The number of carbonyl (C=O) groups excluding carboxylic acids is 1. The predicted octanol–water partition coefficient (Wildman–Crippen LogP) is 2.73. The molecular formula is C16H17N5O. The van der Waals surface area contributed by atoms with Crippen LogP contribution in [0.2, 0.25) is 0 Å². The van der Waals surface area contributed by atoms with E-state index < -0.39 is 0 Å². The first-order valence-electron chi connectivity index (χ1n) is 6.91. The van der Waals surface area contributed by atoms with Gasteiger partial charge in [-0.15, -0.1) is 0 Å². The summed E-state index contributed by atoms with van der Waals surface area (Å²) in [5, 5.41) is 14.6. The molecule has 0 atom stereocenters. The van der Waals surface area contributed by atoms with Gasteiger partial charge in [0.1, 0.15) is 5.69 Å². The Labute approximate surface area is 129 Å². The molecule has 2 aromatic rings. The third-order valence-corrected chi connectivity index (χ3v) is 2.78. The summed E-state index contributed by atoms with van der Waals surface area (Å²) in [6.45, 7) is 5.76. The first-order valence-corrected chi connectivity index (χ1v) is 6.91. The number of carbonyl (C=O) groups is 1. The molecule has 22 heavy (non-hydrogen) atoms. The Bertz CT molecular complexity index is 716. The molecule has 1 heterocycles. The lowest BCUT2D eigenvalue weighted by Gasteiger charge is -2.10. The first-order chi connectivity index (χ1) is 10.5. The molecule has 0 radical (unpaired) electrons. The Morgan fingerprint density at radius 3 is 2.50 bits per heavy atom. The number of benzene rings is 1. The van der Waals surface area contributed by atoms with Gasteiger partial charge in [0, 0.05) is 17.4 Å². The number of nitrogens with zero attached hydrogens (tertiary/aromatic N) is 3. The van der Waals surface area contributed by atoms with Crippen molar-refractivity contribution in [3.63, 3.8) is 0 Å². The molecule has 0 aliphatic heterocycles. The monoisotopic (exact) mass is 295 g/mol. The lowest BCUT2D eigenvalue weighted by Crippen LogP contribution is -2.18. The van der Waals surface area contributed by atoms with Crippen molar-refractivity contribution in [2.24, 2.45) is 0 Å². The number of anilines is 2. The molecule has 6 heteroatoms. The zero-order valence-corrected chi connectivity index (χ0v) is 12.7. The molecule has 0 spiro atoms. The van der Waals surface area contributed by atoms with E-state index in [1.54, 1.807) is 30.3 Å². The van der Waals surface area contributed by atoms with E-state index in [0.717, 1.165) is 0 Å². The summed E-state index contributed by atoms with van der Waals surface area (Å²) in [6.07, 6.45) is 0. The smallest absolute Gasteiger partial charge is 0.274 e. The highest BCUT2D eigenvalue weighted by Gasteiger charge is 2.11. The van der Waals surface area contributed by atoms with Crippen LogP contribution in [0.15, 0.2) is 30.3 Å². The topological polar surface area (TPSA) is 90.7 Å². The highest BCUT2D eigenvalue weighted by Crippen LogP contribution is 2.12. The van der Waals surface area contributed by atoms with Crippen LogP contribution in [-0.2, 0) is 0 Å². The van der Waals surface area contributed by atoms with Crippen LogP contribution in [0.5, 0.6) is 0 Å². The van der Waals surface area contributed by atoms with Crippen LogP contribution < -0.4 is 10.6 Å². The zero-order valence-electron chi connectivity index (χ0n) is 12.7. The highest BCUT2D eigenvalue weighted by molar-refractivity contribution is 6.03. The number of rotatable bonds is 4. The fourth-order valence-corrected chi connectivity index (χ4v) is 1.83. The minimum atomic E-state index is -0.318. The van der Waals surface area contributed by atoms with Gasteiger partial charge in [0.05, 0.1) is 11.6 Å². The number of aryl methyl sites for hydroxylation is 1. The molecule has 0 fully saturated rings. The molecule has 1 aromatic carbocycles. The Morgan fingerprint density at radius 1 is 1.23 bits per heavy atom. The number of nitriles is 1. The Hall–Kier alpha value is -2.94. The van der Waals surface area contributed by atoms with Crippen LogP contribution in [0.1, 0.15) is 35.6 Å². The van der Waals surface area contributed by atoms with Crippen molar-refractivity contribution in [2.45, 2.75) is 26.8 Å². The van der Waals surface area contributed by atoms with Crippen molar-refractivity contribution in [2.75, 3.05) is 10.6 Å². The normalized spacial score (nSPS) is 10.1. The molecule has 0 bridgehead atoms. The summed E-state index contributed by atoms with van der Waals surface area (Å²) in [6, 6.07) is 10.5. The molecule has 1 aromatic heterocycles. The SMILES string of the molecule is Cc1cc(C(=O)Nc2ccc(C#N)cc2)nc(NC(C)C)n1. The quantitative estimate of drug-likeness (QED) is 0.905. The van der Waals surface area contributed by atoms with Crippen molar-refractivity contribution >= 4 is 17.5 Å². The van der Waals surface area contributed by atoms with Crippen LogP contribution >= 0.6 is 0 Å². The predicted molar refractivity (Wildman–Crippen MR) is 84.6 cm³/mol. The van der Waals surface area contributed by atoms with Crippen molar-refractivity contribution in [1.29, 1.82) is 5.26 Å². The van der Waals surface area contributed by atoms with Crippen molar-refractivity contribution < 1.29 is 4.79 Å². The van der Waals surface area contributed by atoms with Crippen LogP contribution in [-0.4, -0.2) is 21.9 Å². The van der Waals surface area contributed by atoms with Gasteiger partial charge in [-0.3, -0.25) is 4.79 Å². The Balaban J connectivity index is 2.18. The van der Waals surface area contributed by atoms with E-state index in [2.05, 4.69) is 20.6 Å². The van der Waals surface area contributed by atoms with E-state index in [1.165, 1.54) is 0 Å². The molecule has 2 N–H and O–H groups in total. The molecule has 6 nitrogen and oxygen atoms in total. The van der Waals surface area contributed by atoms with Gasteiger partial charge in [-0.25, -0.2) is 9.97 Å². The van der Waals surface area contributed by atoms with Gasteiger partial charge in [0.15, 0.2) is 0 Å². The third kappa shape index (κ3) is 4.03. The average molecular weight is 295 g/mol. The lowest BCUT2D eigenvalue weighted by molar-refractivity contribution is 0.102. The lowest BCUT2D eigenvalue weighted by atomic mass is 10.2. The Kier molecular flexibility index (Phi) is 4.69. The third-order valence-electron chi connectivity index (χ3n) is 2.78. The van der Waals surface area contributed by atoms with Gasteiger partial charge in [0.2, 0.25) is 5.95 Å². The van der Waals surface area contributed by atoms with Gasteiger partial charge in [0.25, 0.3) is 5.91 Å². The minimum Gasteiger partial charge on any atom is -0.352 e. The number of amides is 1. The van der Waals surface area contributed by atoms with Crippen molar-refractivity contribution in [3.05, 3.63) is 47.3 Å². The molecule has 1 amide bonds. The minimum absolute atomic E-state index is 0.177. The van der Waals surface area contributed by atoms with E-state index >= 15 is 0 Å². The van der Waals surface area contributed by atoms with E-state index in [4.69, 9.17) is 5.26 Å². The number of aromatic nitrogens is 2. The van der Waals surface area contributed by atoms with Crippen molar-refractivity contribution in [1.82, 2.24) is 9.97 Å². The molecule has 2 rings (SSSR count). The molecule has 0 saturated heterocycles. The molecular weight excluding hydrogens is 278 g/mol. The molecule has 0 aliphatic rings. The summed E-state index contributed by atoms with van der Waals surface area (Å²) >= 11 is 0. The van der Waals surface area contributed by atoms with Gasteiger partial charge in [-0.2, -0.15) is 5.26 Å². The second-order valence-corrected chi connectivity index (χ2v) is 5.16. The standard InChI is InChI=1S/C16H17N5O/c1-10(2)18-16-19-11(3)8-14(21-16)15(22)20-13-6-4-12(9-17)5-7-13/h4-8,10H,1-3H3,(H,20,22)(H,18,19,21). The summed E-state index contributed by atoms with van der Waals surface area (Å²) in [4.78, 5) is 20.7. The van der Waals surface area contributed by atoms with Gasteiger partial charge in [-0.1, -0.05) is 0 Å². The highest BCUT2D eigenvalue weighted by atomic mass is 16.1. The molecule has 0 saturated carbocycles. The summed E-state index contributed by atoms with van der Waals surface area (Å²) in [7, 11) is 0. The van der Waals surface area contributed by atoms with E-state index in [1.807, 2.05) is 26.8 Å². The molecule has 0 unspecified atom stereocenters. The summed E-state index contributed by atoms with van der Waals surface area (Å²) < 4.78 is 0.